The topological polar surface area (TPSA) is 62.2 Å². The number of hydrogen-bond acceptors (Lipinski definition) is 3. The summed E-state index contributed by atoms with van der Waals surface area (Å²) in [6.07, 6.45) is 1.61. The van der Waals surface area contributed by atoms with Crippen LogP contribution >= 0.6 is 11.6 Å². The third kappa shape index (κ3) is 3.87. The third-order valence-electron chi connectivity index (χ3n) is 1.39. The summed E-state index contributed by atoms with van der Waals surface area (Å²) in [5.74, 6) is -0.873. The van der Waals surface area contributed by atoms with Crippen LogP contribution in [0.25, 0.3) is 0 Å². The second-order valence-corrected chi connectivity index (χ2v) is 2.87. The van der Waals surface area contributed by atoms with Gasteiger partial charge in [-0.1, -0.05) is 17.7 Å². The lowest BCUT2D eigenvalue weighted by Gasteiger charge is -2.00. The second-order valence-electron chi connectivity index (χ2n) is 2.49. The van der Waals surface area contributed by atoms with Gasteiger partial charge in [-0.3, -0.25) is 4.79 Å². The number of rotatable bonds is 4. The molecular formula is C8H9ClN2O2. The molecule has 0 aliphatic heterocycles. The molecule has 13 heavy (non-hydrogen) atoms. The van der Waals surface area contributed by atoms with Gasteiger partial charge in [0.05, 0.1) is 6.54 Å². The van der Waals surface area contributed by atoms with Crippen molar-refractivity contribution in [2.45, 2.75) is 6.54 Å². The molecule has 1 heterocycles. The fourth-order valence-electron chi connectivity index (χ4n) is 0.825. The molecule has 0 saturated carbocycles. The first-order valence-electron chi connectivity index (χ1n) is 3.71. The molecular weight excluding hydrogens is 192 g/mol. The molecule has 0 radical (unpaired) electrons. The molecule has 5 heteroatoms. The first kappa shape index (κ1) is 9.95. The number of hydrogen-bond donors (Lipinski definition) is 2. The largest absolute Gasteiger partial charge is 0.480 e. The number of carboxylic acid groups (broad SMARTS) is 1. The van der Waals surface area contributed by atoms with Crippen LogP contribution in [0.5, 0.6) is 0 Å². The van der Waals surface area contributed by atoms with Crippen molar-refractivity contribution in [1.29, 1.82) is 0 Å². The lowest BCUT2D eigenvalue weighted by Crippen LogP contribution is -2.21. The van der Waals surface area contributed by atoms with E-state index in [9.17, 15) is 4.79 Å². The van der Waals surface area contributed by atoms with Crippen molar-refractivity contribution in [3.8, 4) is 0 Å². The zero-order chi connectivity index (χ0) is 9.68. The van der Waals surface area contributed by atoms with Crippen LogP contribution in [-0.4, -0.2) is 22.6 Å². The van der Waals surface area contributed by atoms with E-state index < -0.39 is 5.97 Å². The summed E-state index contributed by atoms with van der Waals surface area (Å²) in [7, 11) is 0. The Kier molecular flexibility index (Phi) is 3.67. The van der Waals surface area contributed by atoms with E-state index in [-0.39, 0.29) is 6.54 Å². The number of carboxylic acids is 1. The van der Waals surface area contributed by atoms with Crippen LogP contribution in [0.2, 0.25) is 5.15 Å². The van der Waals surface area contributed by atoms with Gasteiger partial charge < -0.3 is 10.4 Å². The number of aromatic nitrogens is 1. The van der Waals surface area contributed by atoms with Crippen LogP contribution in [0.1, 0.15) is 5.56 Å². The normalized spacial score (nSPS) is 9.92. The predicted octanol–water partition coefficient (Wildman–Crippen LogP) is 0.909. The molecule has 70 valence electrons. The Balaban J connectivity index is 2.37. The maximum absolute atomic E-state index is 10.1. The third-order valence-corrected chi connectivity index (χ3v) is 1.62. The van der Waals surface area contributed by atoms with Crippen LogP contribution < -0.4 is 5.32 Å². The average molecular weight is 201 g/mol. The molecule has 0 aromatic carbocycles. The van der Waals surface area contributed by atoms with E-state index in [0.29, 0.717) is 11.7 Å². The minimum absolute atomic E-state index is 0.0529. The van der Waals surface area contributed by atoms with Crippen molar-refractivity contribution in [2.24, 2.45) is 0 Å². The van der Waals surface area contributed by atoms with E-state index in [4.69, 9.17) is 16.7 Å². The minimum atomic E-state index is -0.873. The molecule has 0 fully saturated rings. The summed E-state index contributed by atoms with van der Waals surface area (Å²) in [5, 5.41) is 11.5. The van der Waals surface area contributed by atoms with E-state index >= 15 is 0 Å². The molecule has 4 nitrogen and oxygen atoms in total. The molecule has 1 aromatic heterocycles. The molecule has 0 atom stereocenters. The number of nitrogens with one attached hydrogen (secondary N) is 1. The zero-order valence-corrected chi connectivity index (χ0v) is 7.58. The highest BCUT2D eigenvalue weighted by atomic mass is 35.5. The first-order chi connectivity index (χ1) is 6.18. The molecule has 0 bridgehead atoms. The smallest absolute Gasteiger partial charge is 0.317 e. The number of aliphatic carboxylic acids is 1. The molecule has 0 aliphatic carbocycles. The predicted molar refractivity (Wildman–Crippen MR) is 48.6 cm³/mol. The maximum Gasteiger partial charge on any atom is 0.317 e. The molecule has 1 aromatic rings. The van der Waals surface area contributed by atoms with Crippen molar-refractivity contribution in [3.05, 3.63) is 29.0 Å². The van der Waals surface area contributed by atoms with Gasteiger partial charge in [-0.2, -0.15) is 0 Å². The molecule has 2 N–H and O–H groups in total. The highest BCUT2D eigenvalue weighted by Gasteiger charge is 1.96. The van der Waals surface area contributed by atoms with Crippen molar-refractivity contribution in [1.82, 2.24) is 10.3 Å². The van der Waals surface area contributed by atoms with Gasteiger partial charge in [-0.15, -0.1) is 0 Å². The van der Waals surface area contributed by atoms with Gasteiger partial charge in [0.1, 0.15) is 5.15 Å². The van der Waals surface area contributed by atoms with Crippen LogP contribution in [0.3, 0.4) is 0 Å². The summed E-state index contributed by atoms with van der Waals surface area (Å²) in [6, 6.07) is 3.46. The highest BCUT2D eigenvalue weighted by molar-refractivity contribution is 6.29. The van der Waals surface area contributed by atoms with Crippen LogP contribution in [-0.2, 0) is 11.3 Å². The Morgan fingerprint density at radius 1 is 1.62 bits per heavy atom. The summed E-state index contributed by atoms with van der Waals surface area (Å²) < 4.78 is 0. The molecule has 0 amide bonds. The standard InChI is InChI=1S/C8H9ClN2O2/c9-7-2-1-6(4-11-7)3-10-5-8(12)13/h1-2,4,10H,3,5H2,(H,12,13). The van der Waals surface area contributed by atoms with Gasteiger partial charge in [0, 0.05) is 12.7 Å². The van der Waals surface area contributed by atoms with Gasteiger partial charge in [-0.25, -0.2) is 4.98 Å². The van der Waals surface area contributed by atoms with Crippen molar-refractivity contribution in [3.63, 3.8) is 0 Å². The summed E-state index contributed by atoms with van der Waals surface area (Å²) in [4.78, 5) is 14.0. The summed E-state index contributed by atoms with van der Waals surface area (Å²) >= 11 is 5.57. The van der Waals surface area contributed by atoms with Gasteiger partial charge in [0.15, 0.2) is 0 Å². The van der Waals surface area contributed by atoms with E-state index in [1.165, 1.54) is 0 Å². The highest BCUT2D eigenvalue weighted by Crippen LogP contribution is 2.04. The Morgan fingerprint density at radius 2 is 2.38 bits per heavy atom. The number of halogens is 1. The van der Waals surface area contributed by atoms with Crippen molar-refractivity contribution < 1.29 is 9.90 Å². The SMILES string of the molecule is O=C(O)CNCc1ccc(Cl)nc1. The van der Waals surface area contributed by atoms with E-state index in [2.05, 4.69) is 10.3 Å². The minimum Gasteiger partial charge on any atom is -0.480 e. The van der Waals surface area contributed by atoms with Crippen LogP contribution in [0, 0.1) is 0 Å². The maximum atomic E-state index is 10.1. The lowest BCUT2D eigenvalue weighted by atomic mass is 10.3. The fraction of sp³-hybridized carbons (Fsp3) is 0.250. The number of pyridine rings is 1. The molecule has 0 unspecified atom stereocenters. The van der Waals surface area contributed by atoms with Crippen LogP contribution in [0.15, 0.2) is 18.3 Å². The Bertz CT molecular complexity index is 287. The lowest BCUT2D eigenvalue weighted by molar-refractivity contribution is -0.135. The van der Waals surface area contributed by atoms with Gasteiger partial charge in [0.2, 0.25) is 0 Å². The van der Waals surface area contributed by atoms with Gasteiger partial charge in [0.25, 0.3) is 0 Å². The second kappa shape index (κ2) is 4.79. The Labute approximate surface area is 80.6 Å². The zero-order valence-electron chi connectivity index (χ0n) is 6.83. The first-order valence-corrected chi connectivity index (χ1v) is 4.09. The summed E-state index contributed by atoms with van der Waals surface area (Å²) in [5.41, 5.74) is 0.908. The molecule has 1 rings (SSSR count). The average Bonchev–Trinajstić information content (AvgIpc) is 2.08. The monoisotopic (exact) mass is 200 g/mol. The number of nitrogens with zero attached hydrogens (tertiary/aromatic N) is 1. The van der Waals surface area contributed by atoms with Gasteiger partial charge in [-0.05, 0) is 11.6 Å². The number of carbonyl (C=O) groups is 1. The van der Waals surface area contributed by atoms with Gasteiger partial charge >= 0.3 is 5.97 Å². The fourth-order valence-corrected chi connectivity index (χ4v) is 0.937. The van der Waals surface area contributed by atoms with Crippen molar-refractivity contribution in [2.75, 3.05) is 6.54 Å². The van der Waals surface area contributed by atoms with E-state index in [0.717, 1.165) is 5.56 Å². The molecule has 0 saturated heterocycles. The quantitative estimate of drug-likeness (QED) is 0.710. The van der Waals surface area contributed by atoms with Crippen LogP contribution in [0.4, 0.5) is 0 Å². The Hall–Kier alpha value is -1.13. The van der Waals surface area contributed by atoms with E-state index in [1.807, 2.05) is 0 Å². The van der Waals surface area contributed by atoms with Crippen molar-refractivity contribution >= 4 is 17.6 Å². The molecule has 0 aliphatic rings. The van der Waals surface area contributed by atoms with E-state index in [1.54, 1.807) is 18.3 Å². The Morgan fingerprint density at radius 3 is 2.92 bits per heavy atom. The molecule has 0 spiro atoms. The summed E-state index contributed by atoms with van der Waals surface area (Å²) in [6.45, 7) is 0.430.